The molecule has 7 atom stereocenters. The molecular weight excluding hydrogens is 795 g/mol. The second-order valence-electron chi connectivity index (χ2n) is 15.6. The van der Waals surface area contributed by atoms with Gasteiger partial charge in [-0.3, -0.25) is 9.05 Å². The van der Waals surface area contributed by atoms with Gasteiger partial charge in [-0.05, 0) is 18.6 Å². The Morgan fingerprint density at radius 1 is 0.933 bits per heavy atom. The molecule has 0 amide bonds. The summed E-state index contributed by atoms with van der Waals surface area (Å²) in [6, 6.07) is 9.90. The van der Waals surface area contributed by atoms with Gasteiger partial charge in [0.1, 0.15) is 71.2 Å². The molecule has 1 aromatic carbocycles. The zero-order valence-corrected chi connectivity index (χ0v) is 35.9. The number of rotatable bonds is 29. The highest BCUT2D eigenvalue weighted by Gasteiger charge is 2.83. The molecule has 2 aliphatic rings. The van der Waals surface area contributed by atoms with Crippen molar-refractivity contribution in [2.24, 2.45) is 0 Å². The van der Waals surface area contributed by atoms with E-state index in [0.29, 0.717) is 12.1 Å². The number of phosphoric ester groups is 1. The first-order valence-electron chi connectivity index (χ1n) is 21.1. The Morgan fingerprint density at radius 3 is 2.03 bits per heavy atom. The summed E-state index contributed by atoms with van der Waals surface area (Å²) < 4.78 is 53.8. The topological polar surface area (TPSA) is 246 Å². The summed E-state index contributed by atoms with van der Waals surface area (Å²) in [5.74, 6) is 0.727. The molecule has 17 nitrogen and oxygen atoms in total. The number of nitrogen functional groups attached to an aromatic ring is 1. The Balaban J connectivity index is 1.09. The van der Waals surface area contributed by atoms with Gasteiger partial charge >= 0.3 is 7.82 Å². The highest BCUT2D eigenvalue weighted by molar-refractivity contribution is 7.47. The van der Waals surface area contributed by atoms with Crippen molar-refractivity contribution in [1.29, 1.82) is 10.5 Å². The summed E-state index contributed by atoms with van der Waals surface area (Å²) in [6.07, 6.45) is 15.4. The van der Waals surface area contributed by atoms with Crippen LogP contribution in [-0.2, 0) is 28.7 Å². The number of nitriles is 2. The van der Waals surface area contributed by atoms with E-state index in [9.17, 15) is 30.2 Å². The van der Waals surface area contributed by atoms with E-state index in [1.807, 2.05) is 12.1 Å². The van der Waals surface area contributed by atoms with Gasteiger partial charge in [0, 0.05) is 18.7 Å². The fraction of sp³-hybridized carbons (Fsp3) is 0.667. The van der Waals surface area contributed by atoms with E-state index in [1.165, 1.54) is 126 Å². The van der Waals surface area contributed by atoms with Gasteiger partial charge in [-0.2, -0.15) is 15.6 Å². The third kappa shape index (κ3) is 11.3. The number of unbranched alkanes of at least 4 members (excludes halogenated alkanes) is 15. The first kappa shape index (κ1) is 47.0. The van der Waals surface area contributed by atoms with Crippen LogP contribution >= 0.6 is 7.82 Å². The van der Waals surface area contributed by atoms with Crippen molar-refractivity contribution in [2.75, 3.05) is 39.8 Å². The van der Waals surface area contributed by atoms with Crippen LogP contribution in [-0.4, -0.2) is 93.8 Å². The first-order chi connectivity index (χ1) is 29.0. The normalized spacial score (nSPS) is 23.4. The average molecular weight is 857 g/mol. The fourth-order valence-electron chi connectivity index (χ4n) is 7.80. The predicted molar refractivity (Wildman–Crippen MR) is 220 cm³/mol. The third-order valence-corrected chi connectivity index (χ3v) is 12.2. The first-order valence-corrected chi connectivity index (χ1v) is 22.6. The van der Waals surface area contributed by atoms with Crippen LogP contribution in [0.2, 0.25) is 0 Å². The molecule has 18 heteroatoms. The quantitative estimate of drug-likeness (QED) is 0.0421. The van der Waals surface area contributed by atoms with Gasteiger partial charge < -0.3 is 44.5 Å². The summed E-state index contributed by atoms with van der Waals surface area (Å²) in [5, 5.41) is 46.6. The van der Waals surface area contributed by atoms with Gasteiger partial charge in [0.2, 0.25) is 5.60 Å². The molecule has 2 fully saturated rings. The van der Waals surface area contributed by atoms with Gasteiger partial charge in [-0.25, -0.2) is 14.1 Å². The minimum Gasteiger partial charge on any atom is -0.495 e. The zero-order valence-electron chi connectivity index (χ0n) is 35.0. The molecule has 2 aromatic heterocycles. The molecule has 1 aliphatic heterocycles. The fourth-order valence-corrected chi connectivity index (χ4v) is 8.78. The monoisotopic (exact) mass is 856 g/mol. The minimum absolute atomic E-state index is 0.0365. The number of hydrogen-bond acceptors (Lipinski definition) is 15. The average Bonchev–Trinajstić information content (AvgIpc) is 3.48. The van der Waals surface area contributed by atoms with Gasteiger partial charge in [0.15, 0.2) is 11.4 Å². The molecule has 5 rings (SSSR count). The number of ether oxygens (including phenoxy) is 5. The van der Waals surface area contributed by atoms with Crippen LogP contribution in [0.25, 0.3) is 5.52 Å². The smallest absolute Gasteiger partial charge is 0.472 e. The van der Waals surface area contributed by atoms with Gasteiger partial charge in [0.25, 0.3) is 0 Å². The molecule has 1 saturated carbocycles. The van der Waals surface area contributed by atoms with E-state index in [0.717, 1.165) is 25.6 Å². The Labute approximate surface area is 352 Å². The number of hydrogen-bond donors (Lipinski definition) is 4. The van der Waals surface area contributed by atoms with Crippen molar-refractivity contribution in [1.82, 2.24) is 14.6 Å². The summed E-state index contributed by atoms with van der Waals surface area (Å²) in [4.78, 5) is 14.7. The molecule has 0 radical (unpaired) electrons. The van der Waals surface area contributed by atoms with Crippen LogP contribution in [0.4, 0.5) is 5.82 Å². The van der Waals surface area contributed by atoms with Crippen LogP contribution < -0.4 is 19.9 Å². The number of aliphatic hydroxyl groups excluding tert-OH is 1. The number of nitrogens with zero attached hydrogens (tertiary/aromatic N) is 5. The van der Waals surface area contributed by atoms with E-state index in [2.05, 4.69) is 17.0 Å². The number of benzene rings is 1. The van der Waals surface area contributed by atoms with E-state index in [1.54, 1.807) is 0 Å². The number of phosphoric acid groups is 1. The number of fused-ring (bicyclic) bond motifs is 2. The lowest BCUT2D eigenvalue weighted by atomic mass is 9.90. The minimum atomic E-state index is -4.95. The zero-order chi connectivity index (χ0) is 43.2. The van der Waals surface area contributed by atoms with E-state index in [4.69, 9.17) is 38.5 Å². The van der Waals surface area contributed by atoms with Crippen LogP contribution in [0.5, 0.6) is 17.2 Å². The van der Waals surface area contributed by atoms with Gasteiger partial charge in [-0.15, -0.1) is 0 Å². The summed E-state index contributed by atoms with van der Waals surface area (Å²) in [5.41, 5.74) is 2.15. The lowest BCUT2D eigenvalue weighted by molar-refractivity contribution is -0.106. The van der Waals surface area contributed by atoms with E-state index >= 15 is 0 Å². The maximum atomic E-state index is 13.3. The maximum Gasteiger partial charge on any atom is 0.472 e. The Bertz CT molecular complexity index is 1950. The SMILES string of the molecule is CCCCCCCCCCCCCCCCCCOC[C@H](COP(=O)(O)OC1[C@H]2O[C@@](C#N)(c3ccc4c(N)ncnn34)[C@H](O)[C@@]12O)Oc1cc(OC)c(C#N)c(OC)c1. The Hall–Kier alpha value is -4.03. The number of nitrogens with two attached hydrogens (primary N) is 1. The molecule has 3 heterocycles. The van der Waals surface area contributed by atoms with Crippen molar-refractivity contribution >= 4 is 19.2 Å². The maximum absolute atomic E-state index is 13.3. The van der Waals surface area contributed by atoms with Gasteiger partial charge in [-0.1, -0.05) is 103 Å². The molecule has 5 N–H and O–H groups in total. The summed E-state index contributed by atoms with van der Waals surface area (Å²) in [7, 11) is -2.16. The predicted octanol–water partition coefficient (Wildman–Crippen LogP) is 6.65. The molecule has 2 unspecified atom stereocenters. The molecule has 1 saturated heterocycles. The molecule has 60 heavy (non-hydrogen) atoms. The van der Waals surface area contributed by atoms with Crippen molar-refractivity contribution in [3.63, 3.8) is 0 Å². The Kier molecular flexibility index (Phi) is 17.4. The van der Waals surface area contributed by atoms with Crippen LogP contribution in [0, 0.1) is 22.7 Å². The molecule has 330 valence electrons. The molecule has 0 spiro atoms. The van der Waals surface area contributed by atoms with E-state index in [-0.39, 0.29) is 40.9 Å². The standard InChI is InChI=1S/C42H61N6O11P/c1-4-5-6-7-8-9-10-11-12-13-14-15-16-17-18-19-22-55-26-31(57-30-23-34(53-2)32(25-43)35(24-30)54-3)27-56-60(51,52)59-38-37-42(38,50)40(49)41(28-44,58-37)36-21-20-33-39(45)46-29-47-48(33)36/h20-21,23-24,29,31,37-38,40,49-50H,4-19,22,26-27H2,1-3H3,(H,51,52)(H2,45,46,47)/t31-,37-,38?,40+,41+,42+/m1/s1. The van der Waals surface area contributed by atoms with Crippen molar-refractivity contribution in [3.05, 3.63) is 41.9 Å². The number of aromatic nitrogens is 3. The molecular formula is C42H61N6O11P. The third-order valence-electron chi connectivity index (χ3n) is 11.3. The van der Waals surface area contributed by atoms with Crippen LogP contribution in [0.1, 0.15) is 121 Å². The lowest BCUT2D eigenvalue weighted by Gasteiger charge is -2.29. The Morgan fingerprint density at radius 2 is 1.52 bits per heavy atom. The van der Waals surface area contributed by atoms with Gasteiger partial charge in [0.05, 0.1) is 33.1 Å². The van der Waals surface area contributed by atoms with Crippen molar-refractivity contribution in [3.8, 4) is 29.4 Å². The summed E-state index contributed by atoms with van der Waals surface area (Å²) >= 11 is 0. The lowest BCUT2D eigenvalue weighted by Crippen LogP contribution is -2.47. The summed E-state index contributed by atoms with van der Waals surface area (Å²) in [6.45, 7) is 2.14. The number of anilines is 1. The number of methoxy groups -OCH3 is 2. The molecule has 0 bridgehead atoms. The second kappa shape index (κ2) is 22.2. The van der Waals surface area contributed by atoms with Crippen molar-refractivity contribution < 1.29 is 52.4 Å². The largest absolute Gasteiger partial charge is 0.495 e. The molecule has 1 aliphatic carbocycles. The number of aliphatic hydroxyl groups is 2. The second-order valence-corrected chi connectivity index (χ2v) is 17.0. The highest BCUT2D eigenvalue weighted by atomic mass is 31.2. The highest BCUT2D eigenvalue weighted by Crippen LogP contribution is 2.63. The van der Waals surface area contributed by atoms with E-state index < -0.39 is 50.0 Å². The van der Waals surface area contributed by atoms with Crippen LogP contribution in [0.15, 0.2) is 30.6 Å². The molecule has 3 aromatic rings. The van der Waals surface area contributed by atoms with Crippen molar-refractivity contribution in [2.45, 2.75) is 145 Å². The van der Waals surface area contributed by atoms with Crippen LogP contribution in [0.3, 0.4) is 0 Å².